The van der Waals surface area contributed by atoms with Crippen molar-refractivity contribution < 1.29 is 28.5 Å². The minimum atomic E-state index is -0.727. The lowest BCUT2D eigenvalue weighted by Crippen LogP contribution is -2.42. The van der Waals surface area contributed by atoms with Crippen molar-refractivity contribution in [2.24, 2.45) is 11.8 Å². The molecule has 0 saturated carbocycles. The fourth-order valence-electron chi connectivity index (χ4n) is 3.92. The highest BCUT2D eigenvalue weighted by atomic mass is 16.6. The van der Waals surface area contributed by atoms with Crippen molar-refractivity contribution in [1.82, 2.24) is 0 Å². The summed E-state index contributed by atoms with van der Waals surface area (Å²) in [4.78, 5) is 25.3. The standard InChI is InChI=1S/C27H34O6/c1-19-25(32-23-13-9-6-10-14-23)21(15-20-11-7-5-8-12-20)17-30-18-22(26(29)31-19)16-24(28)33-27(2,3)4/h5-14,19,21-22,25H,15-18H2,1-4H3/t19-,21-,22-,25-/m0/s1. The van der Waals surface area contributed by atoms with Crippen molar-refractivity contribution in [2.75, 3.05) is 13.2 Å². The van der Waals surface area contributed by atoms with Crippen LogP contribution in [0.15, 0.2) is 60.7 Å². The van der Waals surface area contributed by atoms with Gasteiger partial charge < -0.3 is 18.9 Å². The molecule has 33 heavy (non-hydrogen) atoms. The lowest BCUT2D eigenvalue weighted by molar-refractivity contribution is -0.166. The molecule has 1 heterocycles. The molecular weight excluding hydrogens is 420 g/mol. The van der Waals surface area contributed by atoms with E-state index in [1.807, 2.05) is 55.5 Å². The number of esters is 2. The van der Waals surface area contributed by atoms with Gasteiger partial charge in [0, 0.05) is 5.92 Å². The largest absolute Gasteiger partial charge is 0.486 e. The SMILES string of the molecule is C[C@@H]1OC(=O)[C@@H](CC(=O)OC(C)(C)C)COC[C@H](Cc2ccccc2)[C@H]1Oc1ccccc1. The molecule has 0 amide bonds. The van der Waals surface area contributed by atoms with E-state index in [4.69, 9.17) is 18.9 Å². The number of hydrogen-bond donors (Lipinski definition) is 0. The summed E-state index contributed by atoms with van der Waals surface area (Å²) >= 11 is 0. The average molecular weight is 455 g/mol. The minimum Gasteiger partial charge on any atom is -0.486 e. The molecule has 4 atom stereocenters. The van der Waals surface area contributed by atoms with Crippen LogP contribution in [-0.2, 0) is 30.2 Å². The predicted octanol–water partition coefficient (Wildman–Crippen LogP) is 4.60. The van der Waals surface area contributed by atoms with Gasteiger partial charge in [-0.05, 0) is 51.8 Å². The molecule has 1 saturated heterocycles. The van der Waals surface area contributed by atoms with Crippen LogP contribution in [0.25, 0.3) is 0 Å². The minimum absolute atomic E-state index is 0.0596. The van der Waals surface area contributed by atoms with Gasteiger partial charge in [0.1, 0.15) is 23.6 Å². The maximum atomic E-state index is 12.9. The number of carbonyl (C=O) groups is 2. The number of hydrogen-bond acceptors (Lipinski definition) is 6. The summed E-state index contributed by atoms with van der Waals surface area (Å²) in [6.45, 7) is 7.69. The number of para-hydroxylation sites is 1. The molecule has 2 aromatic rings. The van der Waals surface area contributed by atoms with Crippen molar-refractivity contribution in [3.8, 4) is 5.75 Å². The van der Waals surface area contributed by atoms with E-state index in [2.05, 4.69) is 12.1 Å². The van der Waals surface area contributed by atoms with Crippen LogP contribution in [0.1, 0.15) is 39.7 Å². The molecule has 1 aliphatic rings. The van der Waals surface area contributed by atoms with Gasteiger partial charge >= 0.3 is 11.9 Å². The van der Waals surface area contributed by atoms with E-state index in [9.17, 15) is 9.59 Å². The van der Waals surface area contributed by atoms with Gasteiger partial charge in [0.25, 0.3) is 0 Å². The number of cyclic esters (lactones) is 1. The molecule has 1 aliphatic heterocycles. The lowest BCUT2D eigenvalue weighted by Gasteiger charge is -2.31. The van der Waals surface area contributed by atoms with E-state index >= 15 is 0 Å². The second-order valence-corrected chi connectivity index (χ2v) is 9.51. The zero-order chi connectivity index (χ0) is 23.8. The van der Waals surface area contributed by atoms with Gasteiger partial charge in [-0.1, -0.05) is 48.5 Å². The van der Waals surface area contributed by atoms with Gasteiger partial charge in [-0.25, -0.2) is 0 Å². The smallest absolute Gasteiger partial charge is 0.312 e. The first-order valence-corrected chi connectivity index (χ1v) is 11.5. The summed E-state index contributed by atoms with van der Waals surface area (Å²) in [7, 11) is 0. The van der Waals surface area contributed by atoms with Crippen LogP contribution in [-0.4, -0.2) is 43.0 Å². The number of rotatable bonds is 6. The third-order valence-electron chi connectivity index (χ3n) is 5.40. The van der Waals surface area contributed by atoms with Crippen molar-refractivity contribution in [3.05, 3.63) is 66.2 Å². The molecule has 0 N–H and O–H groups in total. The van der Waals surface area contributed by atoms with Gasteiger partial charge in [0.2, 0.25) is 0 Å². The van der Waals surface area contributed by atoms with Gasteiger partial charge in [-0.2, -0.15) is 0 Å². The topological polar surface area (TPSA) is 71.1 Å². The van der Waals surface area contributed by atoms with Crippen molar-refractivity contribution in [3.63, 3.8) is 0 Å². The van der Waals surface area contributed by atoms with Gasteiger partial charge in [0.15, 0.2) is 0 Å². The molecule has 6 heteroatoms. The van der Waals surface area contributed by atoms with E-state index in [1.54, 1.807) is 20.8 Å². The van der Waals surface area contributed by atoms with Crippen molar-refractivity contribution >= 4 is 11.9 Å². The fraction of sp³-hybridized carbons (Fsp3) is 0.481. The first-order chi connectivity index (χ1) is 15.7. The summed E-state index contributed by atoms with van der Waals surface area (Å²) in [5.41, 5.74) is 0.527. The van der Waals surface area contributed by atoms with E-state index in [0.29, 0.717) is 18.8 Å². The Hall–Kier alpha value is -2.86. The quantitative estimate of drug-likeness (QED) is 0.594. The Kier molecular flexibility index (Phi) is 8.50. The van der Waals surface area contributed by atoms with Crippen LogP contribution >= 0.6 is 0 Å². The molecule has 0 aliphatic carbocycles. The molecule has 1 fully saturated rings. The van der Waals surface area contributed by atoms with Gasteiger partial charge in [-0.3, -0.25) is 9.59 Å². The molecule has 0 spiro atoms. The van der Waals surface area contributed by atoms with Crippen molar-refractivity contribution in [2.45, 2.75) is 58.3 Å². The number of ether oxygens (including phenoxy) is 4. The maximum Gasteiger partial charge on any atom is 0.312 e. The van der Waals surface area contributed by atoms with Crippen LogP contribution in [0, 0.1) is 11.8 Å². The first kappa shape index (κ1) is 24.8. The molecule has 178 valence electrons. The third kappa shape index (κ3) is 7.90. The van der Waals surface area contributed by atoms with Gasteiger partial charge in [-0.15, -0.1) is 0 Å². The zero-order valence-electron chi connectivity index (χ0n) is 19.9. The molecule has 0 bridgehead atoms. The highest BCUT2D eigenvalue weighted by Gasteiger charge is 2.37. The maximum absolute atomic E-state index is 12.9. The normalized spacial score (nSPS) is 24.1. The van der Waals surface area contributed by atoms with Crippen LogP contribution in [0.3, 0.4) is 0 Å². The van der Waals surface area contributed by atoms with E-state index in [0.717, 1.165) is 5.56 Å². The summed E-state index contributed by atoms with van der Waals surface area (Å²) in [6, 6.07) is 19.6. The highest BCUT2D eigenvalue weighted by Crippen LogP contribution is 2.26. The molecule has 6 nitrogen and oxygen atoms in total. The Morgan fingerprint density at radius 2 is 1.64 bits per heavy atom. The van der Waals surface area contributed by atoms with E-state index in [-0.39, 0.29) is 18.9 Å². The van der Waals surface area contributed by atoms with Gasteiger partial charge in [0.05, 0.1) is 25.6 Å². The second-order valence-electron chi connectivity index (χ2n) is 9.51. The summed E-state index contributed by atoms with van der Waals surface area (Å²) in [5.74, 6) is -1.01. The van der Waals surface area contributed by atoms with Crippen LogP contribution in [0.2, 0.25) is 0 Å². The molecule has 0 radical (unpaired) electrons. The summed E-state index contributed by atoms with van der Waals surface area (Å²) in [6.07, 6.45) is -0.334. The Bertz CT molecular complexity index is 890. The van der Waals surface area contributed by atoms with Crippen LogP contribution in [0.4, 0.5) is 0 Å². The Labute approximate surface area is 196 Å². The van der Waals surface area contributed by atoms with Crippen LogP contribution in [0.5, 0.6) is 5.75 Å². The van der Waals surface area contributed by atoms with Crippen LogP contribution < -0.4 is 4.74 Å². The monoisotopic (exact) mass is 454 g/mol. The molecule has 2 aromatic carbocycles. The fourth-order valence-corrected chi connectivity index (χ4v) is 3.92. The number of carbonyl (C=O) groups excluding carboxylic acids is 2. The summed E-state index contributed by atoms with van der Waals surface area (Å²) < 4.78 is 23.5. The van der Waals surface area contributed by atoms with E-state index < -0.39 is 35.7 Å². The molecule has 3 rings (SSSR count). The van der Waals surface area contributed by atoms with Crippen molar-refractivity contribution in [1.29, 1.82) is 0 Å². The Morgan fingerprint density at radius 3 is 2.27 bits per heavy atom. The Morgan fingerprint density at radius 1 is 1.00 bits per heavy atom. The van der Waals surface area contributed by atoms with E-state index in [1.165, 1.54) is 0 Å². The molecule has 0 unspecified atom stereocenters. The zero-order valence-corrected chi connectivity index (χ0v) is 19.9. The first-order valence-electron chi connectivity index (χ1n) is 11.5. The highest BCUT2D eigenvalue weighted by molar-refractivity contribution is 5.80. The molecule has 0 aromatic heterocycles. The summed E-state index contributed by atoms with van der Waals surface area (Å²) in [5, 5.41) is 0. The third-order valence-corrected chi connectivity index (χ3v) is 5.40. The predicted molar refractivity (Wildman–Crippen MR) is 125 cm³/mol. The lowest BCUT2D eigenvalue weighted by atomic mass is 9.91. The second kappa shape index (κ2) is 11.3. The molecular formula is C27H34O6. The number of benzene rings is 2. The Balaban J connectivity index is 1.79. The average Bonchev–Trinajstić information content (AvgIpc) is 2.80.